The molecule has 0 amide bonds. The summed E-state index contributed by atoms with van der Waals surface area (Å²) in [7, 11) is 1.42. The zero-order valence-corrected chi connectivity index (χ0v) is 14.3. The average Bonchev–Trinajstić information content (AvgIpc) is 2.64. The van der Waals surface area contributed by atoms with Gasteiger partial charge in [0.05, 0.1) is 17.6 Å². The number of nitrogens with zero attached hydrogens (tertiary/aromatic N) is 1. The number of carbonyl (C=O) groups excluding carboxylic acids is 2. The van der Waals surface area contributed by atoms with Crippen molar-refractivity contribution in [3.05, 3.63) is 63.7 Å². The van der Waals surface area contributed by atoms with Crippen molar-refractivity contribution in [3.63, 3.8) is 0 Å². The zero-order chi connectivity index (χ0) is 19.1. The molecular weight excluding hydrogens is 342 g/mol. The van der Waals surface area contributed by atoms with E-state index >= 15 is 0 Å². The van der Waals surface area contributed by atoms with Crippen molar-refractivity contribution in [1.82, 2.24) is 0 Å². The van der Waals surface area contributed by atoms with Gasteiger partial charge in [0.2, 0.25) is 0 Å². The summed E-state index contributed by atoms with van der Waals surface area (Å²) in [6.45, 7) is 0.783. The first-order chi connectivity index (χ1) is 12.4. The van der Waals surface area contributed by atoms with Gasteiger partial charge in [0, 0.05) is 11.6 Å². The number of Topliss-reactive ketones (excluding diaryl/α,β-unsaturated/α-hetero) is 1. The number of para-hydroxylation sites is 1. The summed E-state index contributed by atoms with van der Waals surface area (Å²) in [4.78, 5) is 33.6. The van der Waals surface area contributed by atoms with E-state index in [-0.39, 0.29) is 29.4 Å². The Morgan fingerprint density at radius 1 is 1.12 bits per heavy atom. The lowest BCUT2D eigenvalue weighted by molar-refractivity contribution is -0.385. The average molecular weight is 359 g/mol. The number of methoxy groups -OCH3 is 1. The van der Waals surface area contributed by atoms with Crippen LogP contribution in [0, 0.1) is 10.1 Å². The Balaban J connectivity index is 1.95. The quantitative estimate of drug-likeness (QED) is 0.309. The van der Waals surface area contributed by atoms with Gasteiger partial charge in [-0.25, -0.2) is 4.79 Å². The first-order valence-corrected chi connectivity index (χ1v) is 7.62. The number of rotatable bonds is 8. The van der Waals surface area contributed by atoms with E-state index in [9.17, 15) is 19.7 Å². The van der Waals surface area contributed by atoms with Crippen LogP contribution < -0.4 is 9.47 Å². The lowest BCUT2D eigenvalue weighted by Gasteiger charge is -2.11. The molecule has 8 nitrogen and oxygen atoms in total. The maximum absolute atomic E-state index is 11.8. The van der Waals surface area contributed by atoms with E-state index in [0.717, 1.165) is 0 Å². The molecule has 0 aromatic heterocycles. The molecule has 0 unspecified atom stereocenters. The third-order valence-electron chi connectivity index (χ3n) is 3.49. The molecule has 2 aromatic carbocycles. The van der Waals surface area contributed by atoms with Crippen LogP contribution in [0.15, 0.2) is 42.5 Å². The molecule has 0 saturated carbocycles. The molecule has 0 aliphatic carbocycles. The predicted octanol–water partition coefficient (Wildman–Crippen LogP) is 2.93. The summed E-state index contributed by atoms with van der Waals surface area (Å²) in [6, 6.07) is 10.6. The summed E-state index contributed by atoms with van der Waals surface area (Å²) < 4.78 is 15.5. The van der Waals surface area contributed by atoms with E-state index in [4.69, 9.17) is 14.2 Å². The lowest BCUT2D eigenvalue weighted by Crippen LogP contribution is -2.15. The highest BCUT2D eigenvalue weighted by Crippen LogP contribution is 2.28. The number of esters is 1. The van der Waals surface area contributed by atoms with Gasteiger partial charge in [0.1, 0.15) is 6.61 Å². The maximum Gasteiger partial charge on any atom is 0.344 e. The lowest BCUT2D eigenvalue weighted by atomic mass is 10.1. The van der Waals surface area contributed by atoms with Crippen molar-refractivity contribution in [2.45, 2.75) is 13.5 Å². The molecule has 136 valence electrons. The van der Waals surface area contributed by atoms with Crippen molar-refractivity contribution < 1.29 is 28.7 Å². The molecule has 0 aliphatic rings. The van der Waals surface area contributed by atoms with Crippen LogP contribution in [0.25, 0.3) is 0 Å². The Morgan fingerprint density at radius 3 is 2.50 bits per heavy atom. The Hall–Kier alpha value is -3.42. The second kappa shape index (κ2) is 8.61. The first-order valence-electron chi connectivity index (χ1n) is 7.62. The fourth-order valence-electron chi connectivity index (χ4n) is 2.15. The number of hydrogen-bond donors (Lipinski definition) is 0. The summed E-state index contributed by atoms with van der Waals surface area (Å²) in [6.07, 6.45) is 0. The van der Waals surface area contributed by atoms with Crippen LogP contribution in [0.1, 0.15) is 22.8 Å². The minimum absolute atomic E-state index is 0.122. The SMILES string of the molecule is COc1cc(C(C)=O)ccc1OCC(=O)OCc1ccccc1[N+](=O)[O-]. The summed E-state index contributed by atoms with van der Waals surface area (Å²) >= 11 is 0. The molecule has 0 fully saturated rings. The van der Waals surface area contributed by atoms with Crippen LogP contribution in [-0.4, -0.2) is 30.4 Å². The molecule has 8 heteroatoms. The van der Waals surface area contributed by atoms with Crippen LogP contribution in [0.5, 0.6) is 11.5 Å². The third kappa shape index (κ3) is 4.79. The molecule has 26 heavy (non-hydrogen) atoms. The zero-order valence-electron chi connectivity index (χ0n) is 14.3. The topological polar surface area (TPSA) is 105 Å². The minimum atomic E-state index is -0.694. The number of nitro groups is 1. The number of ketones is 1. The summed E-state index contributed by atoms with van der Waals surface area (Å²) in [5.41, 5.74) is 0.616. The van der Waals surface area contributed by atoms with Gasteiger partial charge >= 0.3 is 5.97 Å². The van der Waals surface area contributed by atoms with Gasteiger partial charge in [-0.3, -0.25) is 14.9 Å². The highest BCUT2D eigenvalue weighted by atomic mass is 16.6. The summed E-state index contributed by atoms with van der Waals surface area (Å²) in [5.74, 6) is -0.232. The Labute approximate surface area is 149 Å². The van der Waals surface area contributed by atoms with Gasteiger partial charge in [-0.15, -0.1) is 0 Å². The minimum Gasteiger partial charge on any atom is -0.493 e. The van der Waals surface area contributed by atoms with Gasteiger partial charge in [-0.2, -0.15) is 0 Å². The smallest absolute Gasteiger partial charge is 0.344 e. The largest absolute Gasteiger partial charge is 0.493 e. The Bertz CT molecular complexity index is 832. The number of nitro benzene ring substituents is 1. The van der Waals surface area contributed by atoms with Gasteiger partial charge in [0.25, 0.3) is 5.69 Å². The van der Waals surface area contributed by atoms with Gasteiger partial charge in [-0.1, -0.05) is 12.1 Å². The van der Waals surface area contributed by atoms with Crippen molar-refractivity contribution in [3.8, 4) is 11.5 Å². The monoisotopic (exact) mass is 359 g/mol. The Kier molecular flexibility index (Phi) is 6.26. The first kappa shape index (κ1) is 18.9. The van der Waals surface area contributed by atoms with E-state index in [0.29, 0.717) is 11.3 Å². The molecule has 0 bridgehead atoms. The van der Waals surface area contributed by atoms with E-state index in [2.05, 4.69) is 0 Å². The molecule has 0 heterocycles. The van der Waals surface area contributed by atoms with Crippen molar-refractivity contribution in [1.29, 1.82) is 0 Å². The molecule has 0 saturated heterocycles. The van der Waals surface area contributed by atoms with E-state index in [1.165, 1.54) is 44.4 Å². The molecule has 2 aromatic rings. The molecular formula is C18H17NO7. The third-order valence-corrected chi connectivity index (χ3v) is 3.49. The molecule has 0 atom stereocenters. The van der Waals surface area contributed by atoms with Crippen molar-refractivity contribution in [2.75, 3.05) is 13.7 Å². The van der Waals surface area contributed by atoms with E-state index in [1.54, 1.807) is 12.1 Å². The fraction of sp³-hybridized carbons (Fsp3) is 0.222. The number of benzene rings is 2. The summed E-state index contributed by atoms with van der Waals surface area (Å²) in [5, 5.41) is 10.9. The van der Waals surface area contributed by atoms with Gasteiger partial charge < -0.3 is 14.2 Å². The molecule has 0 spiro atoms. The predicted molar refractivity (Wildman–Crippen MR) is 91.4 cm³/mol. The van der Waals surface area contributed by atoms with Crippen LogP contribution in [0.2, 0.25) is 0 Å². The van der Waals surface area contributed by atoms with Crippen molar-refractivity contribution in [2.24, 2.45) is 0 Å². The van der Waals surface area contributed by atoms with Crippen LogP contribution >= 0.6 is 0 Å². The fourth-order valence-corrected chi connectivity index (χ4v) is 2.15. The van der Waals surface area contributed by atoms with E-state index in [1.807, 2.05) is 0 Å². The number of hydrogen-bond acceptors (Lipinski definition) is 7. The normalized spacial score (nSPS) is 10.1. The van der Waals surface area contributed by atoms with Crippen LogP contribution in [0.3, 0.4) is 0 Å². The van der Waals surface area contributed by atoms with Crippen LogP contribution in [0.4, 0.5) is 5.69 Å². The van der Waals surface area contributed by atoms with Crippen molar-refractivity contribution >= 4 is 17.4 Å². The van der Waals surface area contributed by atoms with Crippen LogP contribution in [-0.2, 0) is 16.1 Å². The van der Waals surface area contributed by atoms with E-state index < -0.39 is 17.5 Å². The van der Waals surface area contributed by atoms with Gasteiger partial charge in [0.15, 0.2) is 23.9 Å². The Morgan fingerprint density at radius 2 is 1.85 bits per heavy atom. The number of carbonyl (C=O) groups is 2. The standard InChI is InChI=1S/C18H17NO7/c1-12(20)13-7-8-16(17(9-13)24-2)25-11-18(21)26-10-14-5-3-4-6-15(14)19(22)23/h3-9H,10-11H2,1-2H3. The second-order valence-electron chi connectivity index (χ2n) is 5.26. The molecule has 0 N–H and O–H groups in total. The second-order valence-corrected chi connectivity index (χ2v) is 5.26. The molecule has 0 aliphatic heterocycles. The molecule has 0 radical (unpaired) electrons. The van der Waals surface area contributed by atoms with Gasteiger partial charge in [-0.05, 0) is 31.2 Å². The number of ether oxygens (including phenoxy) is 3. The molecule has 2 rings (SSSR count). The highest BCUT2D eigenvalue weighted by Gasteiger charge is 2.15. The highest BCUT2D eigenvalue weighted by molar-refractivity contribution is 5.94. The maximum atomic E-state index is 11.8.